The number of nitrogens with zero attached hydrogens (tertiary/aromatic N) is 3. The van der Waals surface area contributed by atoms with E-state index in [1.807, 2.05) is 31.2 Å². The monoisotopic (exact) mass is 397 g/mol. The maximum absolute atomic E-state index is 13.1. The molecule has 0 unspecified atom stereocenters. The highest BCUT2D eigenvalue weighted by atomic mass is 16.5. The lowest BCUT2D eigenvalue weighted by molar-refractivity contribution is -0.135. The molecule has 2 aromatic rings. The lowest BCUT2D eigenvalue weighted by Crippen LogP contribution is -2.45. The summed E-state index contributed by atoms with van der Waals surface area (Å²) in [6, 6.07) is 7.52. The summed E-state index contributed by atoms with van der Waals surface area (Å²) in [6.07, 6.45) is 4.61. The van der Waals surface area contributed by atoms with Crippen LogP contribution in [0.4, 0.5) is 0 Å². The highest BCUT2D eigenvalue weighted by Crippen LogP contribution is 2.24. The Bertz CT molecular complexity index is 929. The van der Waals surface area contributed by atoms with Crippen LogP contribution in [0.2, 0.25) is 0 Å². The number of Topliss-reactive ketones (excluding diaryl/α,β-unsaturated/α-hetero) is 1. The number of ether oxygens (including phenoxy) is 1. The van der Waals surface area contributed by atoms with Gasteiger partial charge >= 0.3 is 0 Å². The van der Waals surface area contributed by atoms with Crippen LogP contribution in [-0.4, -0.2) is 70.9 Å². The average molecular weight is 397 g/mol. The van der Waals surface area contributed by atoms with E-state index in [0.29, 0.717) is 43.8 Å². The van der Waals surface area contributed by atoms with Gasteiger partial charge in [0.2, 0.25) is 5.91 Å². The molecular formula is C22H27N3O4. The molecule has 7 nitrogen and oxygen atoms in total. The minimum absolute atomic E-state index is 0.0102. The van der Waals surface area contributed by atoms with Gasteiger partial charge in [0.25, 0.3) is 11.7 Å². The summed E-state index contributed by atoms with van der Waals surface area (Å²) in [5, 5.41) is 0.713. The van der Waals surface area contributed by atoms with E-state index in [9.17, 15) is 14.4 Å². The number of fused-ring (bicyclic) bond motifs is 1. The van der Waals surface area contributed by atoms with Crippen molar-refractivity contribution in [2.45, 2.75) is 38.8 Å². The molecule has 7 heteroatoms. The summed E-state index contributed by atoms with van der Waals surface area (Å²) >= 11 is 0. The Morgan fingerprint density at radius 2 is 1.83 bits per heavy atom. The van der Waals surface area contributed by atoms with Crippen LogP contribution in [0.1, 0.15) is 36.5 Å². The van der Waals surface area contributed by atoms with Gasteiger partial charge in [0.05, 0.1) is 18.8 Å². The standard InChI is InChI=1S/C22H27N3O4/c1-16-6-4-5-9-25(16)22(28)21(27)18-14-24(19-8-3-2-7-17(18)19)15-20(26)23-10-12-29-13-11-23/h2-3,7-8,14,16H,4-6,9-13,15H2,1H3/t16-/m1/s1. The SMILES string of the molecule is C[C@@H]1CCCCN1C(=O)C(=O)c1cn(CC(=O)N2CCOCC2)c2ccccc12. The van der Waals surface area contributed by atoms with Crippen LogP contribution < -0.4 is 0 Å². The summed E-state index contributed by atoms with van der Waals surface area (Å²) in [5.41, 5.74) is 1.16. The van der Waals surface area contributed by atoms with Crippen LogP contribution in [0.3, 0.4) is 0 Å². The fraction of sp³-hybridized carbons (Fsp3) is 0.500. The molecule has 154 valence electrons. The topological polar surface area (TPSA) is 71.9 Å². The summed E-state index contributed by atoms with van der Waals surface area (Å²) < 4.78 is 7.10. The van der Waals surface area contributed by atoms with Crippen molar-refractivity contribution in [2.24, 2.45) is 0 Å². The van der Waals surface area contributed by atoms with Crippen molar-refractivity contribution in [3.8, 4) is 0 Å². The van der Waals surface area contributed by atoms with E-state index in [2.05, 4.69) is 0 Å². The molecular weight excluding hydrogens is 370 g/mol. The van der Waals surface area contributed by atoms with E-state index in [1.54, 1.807) is 20.6 Å². The van der Waals surface area contributed by atoms with Crippen molar-refractivity contribution >= 4 is 28.5 Å². The molecule has 2 fully saturated rings. The Morgan fingerprint density at radius 1 is 1.07 bits per heavy atom. The molecule has 0 bridgehead atoms. The molecule has 1 atom stereocenters. The molecule has 29 heavy (non-hydrogen) atoms. The van der Waals surface area contributed by atoms with E-state index < -0.39 is 11.7 Å². The van der Waals surface area contributed by atoms with E-state index in [4.69, 9.17) is 4.74 Å². The Labute approximate surface area is 170 Å². The van der Waals surface area contributed by atoms with Gasteiger partial charge in [0.15, 0.2) is 0 Å². The third-order valence-corrected chi connectivity index (χ3v) is 5.96. The van der Waals surface area contributed by atoms with Gasteiger partial charge in [-0.25, -0.2) is 0 Å². The number of likely N-dealkylation sites (tertiary alicyclic amines) is 1. The van der Waals surface area contributed by atoms with Crippen molar-refractivity contribution in [1.29, 1.82) is 0 Å². The number of hydrogen-bond acceptors (Lipinski definition) is 4. The number of carbonyl (C=O) groups is 3. The van der Waals surface area contributed by atoms with E-state index in [1.165, 1.54) is 0 Å². The first-order valence-corrected chi connectivity index (χ1v) is 10.3. The number of para-hydroxylation sites is 1. The Morgan fingerprint density at radius 3 is 2.59 bits per heavy atom. The number of benzene rings is 1. The number of amides is 2. The fourth-order valence-corrected chi connectivity index (χ4v) is 4.26. The molecule has 0 N–H and O–H groups in total. The Kier molecular flexibility index (Phi) is 5.67. The second-order valence-corrected chi connectivity index (χ2v) is 7.85. The minimum atomic E-state index is -0.493. The molecule has 0 saturated carbocycles. The molecule has 0 spiro atoms. The Hall–Kier alpha value is -2.67. The quantitative estimate of drug-likeness (QED) is 0.585. The first kappa shape index (κ1) is 19.6. The minimum Gasteiger partial charge on any atom is -0.378 e. The molecule has 4 rings (SSSR count). The number of morpholine rings is 1. The fourth-order valence-electron chi connectivity index (χ4n) is 4.26. The van der Waals surface area contributed by atoms with Crippen LogP contribution in [-0.2, 0) is 20.9 Å². The van der Waals surface area contributed by atoms with Gasteiger partial charge in [-0.2, -0.15) is 0 Å². The average Bonchev–Trinajstić information content (AvgIpc) is 3.12. The third-order valence-electron chi connectivity index (χ3n) is 5.96. The summed E-state index contributed by atoms with van der Waals surface area (Å²) in [4.78, 5) is 42.2. The molecule has 2 aliphatic heterocycles. The zero-order chi connectivity index (χ0) is 20.4. The maximum Gasteiger partial charge on any atom is 0.295 e. The van der Waals surface area contributed by atoms with Gasteiger partial charge in [-0.05, 0) is 32.3 Å². The van der Waals surface area contributed by atoms with Crippen LogP contribution >= 0.6 is 0 Å². The highest BCUT2D eigenvalue weighted by molar-refractivity contribution is 6.45. The molecule has 0 radical (unpaired) electrons. The smallest absolute Gasteiger partial charge is 0.295 e. The van der Waals surface area contributed by atoms with Crippen molar-refractivity contribution in [1.82, 2.24) is 14.4 Å². The second-order valence-electron chi connectivity index (χ2n) is 7.85. The van der Waals surface area contributed by atoms with Gasteiger partial charge < -0.3 is 19.1 Å². The van der Waals surface area contributed by atoms with Gasteiger partial charge in [-0.15, -0.1) is 0 Å². The number of rotatable bonds is 4. The number of ketones is 1. The summed E-state index contributed by atoms with van der Waals surface area (Å²) in [7, 11) is 0. The van der Waals surface area contributed by atoms with Crippen LogP contribution in [0.25, 0.3) is 10.9 Å². The largest absolute Gasteiger partial charge is 0.378 e. The second kappa shape index (κ2) is 8.37. The molecule has 1 aromatic carbocycles. The van der Waals surface area contributed by atoms with Crippen molar-refractivity contribution in [2.75, 3.05) is 32.8 Å². The predicted molar refractivity (Wildman–Crippen MR) is 109 cm³/mol. The molecule has 2 aliphatic rings. The molecule has 2 saturated heterocycles. The molecule has 2 amide bonds. The van der Waals surface area contributed by atoms with Crippen molar-refractivity contribution in [3.05, 3.63) is 36.0 Å². The lowest BCUT2D eigenvalue weighted by atomic mass is 10.0. The van der Waals surface area contributed by atoms with Gasteiger partial charge in [-0.1, -0.05) is 18.2 Å². The maximum atomic E-state index is 13.1. The van der Waals surface area contributed by atoms with Gasteiger partial charge in [0, 0.05) is 42.8 Å². The van der Waals surface area contributed by atoms with E-state index in [-0.39, 0.29) is 18.5 Å². The normalized spacial score (nSPS) is 20.1. The third kappa shape index (κ3) is 3.92. The summed E-state index contributed by atoms with van der Waals surface area (Å²) in [5.74, 6) is -0.948. The van der Waals surface area contributed by atoms with Crippen LogP contribution in [0.15, 0.2) is 30.5 Å². The first-order chi connectivity index (χ1) is 14.1. The Balaban J connectivity index is 1.60. The molecule has 0 aliphatic carbocycles. The highest BCUT2D eigenvalue weighted by Gasteiger charge is 2.31. The zero-order valence-corrected chi connectivity index (χ0v) is 16.8. The number of hydrogen-bond donors (Lipinski definition) is 0. The number of aromatic nitrogens is 1. The van der Waals surface area contributed by atoms with Crippen molar-refractivity contribution in [3.63, 3.8) is 0 Å². The number of piperidine rings is 1. The predicted octanol–water partition coefficient (Wildman–Crippen LogP) is 2.08. The van der Waals surface area contributed by atoms with Crippen LogP contribution in [0.5, 0.6) is 0 Å². The molecule has 1 aromatic heterocycles. The summed E-state index contributed by atoms with van der Waals surface area (Å²) in [6.45, 7) is 5.01. The van der Waals surface area contributed by atoms with Gasteiger partial charge in [0.1, 0.15) is 6.54 Å². The zero-order valence-electron chi connectivity index (χ0n) is 16.8. The van der Waals surface area contributed by atoms with E-state index >= 15 is 0 Å². The van der Waals surface area contributed by atoms with Crippen molar-refractivity contribution < 1.29 is 19.1 Å². The lowest BCUT2D eigenvalue weighted by Gasteiger charge is -2.32. The number of carbonyl (C=O) groups excluding carboxylic acids is 3. The first-order valence-electron chi connectivity index (χ1n) is 10.3. The van der Waals surface area contributed by atoms with Gasteiger partial charge in [-0.3, -0.25) is 14.4 Å². The van der Waals surface area contributed by atoms with E-state index in [0.717, 1.165) is 24.8 Å². The van der Waals surface area contributed by atoms with Crippen LogP contribution in [0, 0.1) is 0 Å². The molecule has 3 heterocycles.